The van der Waals surface area contributed by atoms with Gasteiger partial charge in [-0.25, -0.2) is 0 Å². The van der Waals surface area contributed by atoms with Gasteiger partial charge in [0.1, 0.15) is 6.10 Å². The fourth-order valence-corrected chi connectivity index (χ4v) is 2.67. The summed E-state index contributed by atoms with van der Waals surface area (Å²) in [7, 11) is 1.55. The van der Waals surface area contributed by atoms with Crippen molar-refractivity contribution in [1.82, 2.24) is 5.32 Å². The number of hydrogen-bond donors (Lipinski definition) is 1. The van der Waals surface area contributed by atoms with E-state index in [1.165, 1.54) is 37.8 Å². The Labute approximate surface area is 128 Å². The number of nitrogens with one attached hydrogen (secondary N) is 1. The van der Waals surface area contributed by atoms with Crippen molar-refractivity contribution in [1.29, 1.82) is 0 Å². The van der Waals surface area contributed by atoms with Crippen LogP contribution in [0.25, 0.3) is 0 Å². The largest absolute Gasteiger partial charge is 0.373 e. The molecule has 0 saturated heterocycles. The number of ether oxygens (including phenoxy) is 1. The Kier molecular flexibility index (Phi) is 8.99. The van der Waals surface area contributed by atoms with Crippen molar-refractivity contribution in [3.63, 3.8) is 0 Å². The Balaban J connectivity index is 2.58. The van der Waals surface area contributed by atoms with Gasteiger partial charge < -0.3 is 10.1 Å². The van der Waals surface area contributed by atoms with Gasteiger partial charge in [-0.05, 0) is 25.8 Å². The SMILES string of the molecule is CO[C@@H]1CCCCCCCCC[C@@H](C)NC(=O)C=CC1=O. The number of carbonyl (C=O) groups is 2. The molecule has 0 bridgehead atoms. The quantitative estimate of drug-likeness (QED) is 0.808. The normalized spacial score (nSPS) is 27.3. The number of methoxy groups -OCH3 is 1. The van der Waals surface area contributed by atoms with Crippen LogP contribution in [-0.2, 0) is 14.3 Å². The molecule has 0 aromatic carbocycles. The van der Waals surface area contributed by atoms with Crippen LogP contribution in [0.2, 0.25) is 0 Å². The molecule has 0 unspecified atom stereocenters. The molecular weight excluding hydrogens is 266 g/mol. The second-order valence-corrected chi connectivity index (χ2v) is 5.92. The average molecular weight is 295 g/mol. The minimum Gasteiger partial charge on any atom is -0.373 e. The van der Waals surface area contributed by atoms with Crippen molar-refractivity contribution in [2.24, 2.45) is 0 Å². The summed E-state index contributed by atoms with van der Waals surface area (Å²) < 4.78 is 5.23. The third kappa shape index (κ3) is 8.00. The Morgan fingerprint density at radius 2 is 1.52 bits per heavy atom. The molecule has 0 aromatic rings. The standard InChI is InChI=1S/C17H29NO3/c1-14-10-8-6-4-3-5-7-9-11-16(21-2)15(19)12-13-17(20)18-14/h12-14,16H,3-11H2,1-2H3,(H,18,20)/t14-,16-/m1/s1. The smallest absolute Gasteiger partial charge is 0.244 e. The molecule has 0 aliphatic carbocycles. The fraction of sp³-hybridized carbons (Fsp3) is 0.765. The van der Waals surface area contributed by atoms with Gasteiger partial charge in [0.25, 0.3) is 0 Å². The molecule has 1 N–H and O–H groups in total. The number of ketones is 1. The first-order chi connectivity index (χ1) is 10.1. The number of rotatable bonds is 1. The Bertz CT molecular complexity index is 352. The highest BCUT2D eigenvalue weighted by Crippen LogP contribution is 2.13. The van der Waals surface area contributed by atoms with Gasteiger partial charge in [-0.15, -0.1) is 0 Å². The van der Waals surface area contributed by atoms with Crippen LogP contribution in [0.3, 0.4) is 0 Å². The summed E-state index contributed by atoms with van der Waals surface area (Å²) in [4.78, 5) is 23.7. The Hall–Kier alpha value is -1.16. The van der Waals surface area contributed by atoms with Crippen molar-refractivity contribution >= 4 is 11.7 Å². The minimum atomic E-state index is -0.417. The lowest BCUT2D eigenvalue weighted by atomic mass is 10.0. The van der Waals surface area contributed by atoms with E-state index < -0.39 is 6.10 Å². The first-order valence-corrected chi connectivity index (χ1v) is 8.18. The van der Waals surface area contributed by atoms with E-state index in [0.29, 0.717) is 0 Å². The molecule has 21 heavy (non-hydrogen) atoms. The van der Waals surface area contributed by atoms with E-state index in [-0.39, 0.29) is 17.7 Å². The van der Waals surface area contributed by atoms with Crippen LogP contribution in [0.1, 0.15) is 64.7 Å². The highest BCUT2D eigenvalue weighted by Gasteiger charge is 2.15. The van der Waals surface area contributed by atoms with Crippen LogP contribution < -0.4 is 5.32 Å². The van der Waals surface area contributed by atoms with Gasteiger partial charge in [-0.2, -0.15) is 0 Å². The zero-order valence-corrected chi connectivity index (χ0v) is 13.4. The predicted molar refractivity (Wildman–Crippen MR) is 84.1 cm³/mol. The van der Waals surface area contributed by atoms with Gasteiger partial charge in [0.15, 0.2) is 5.78 Å². The number of amides is 1. The van der Waals surface area contributed by atoms with Crippen LogP contribution in [0.5, 0.6) is 0 Å². The summed E-state index contributed by atoms with van der Waals surface area (Å²) in [6.07, 6.45) is 12.3. The molecule has 4 nitrogen and oxygen atoms in total. The molecule has 1 rings (SSSR count). The summed E-state index contributed by atoms with van der Waals surface area (Å²) in [6, 6.07) is 0.156. The monoisotopic (exact) mass is 295 g/mol. The van der Waals surface area contributed by atoms with Crippen LogP contribution >= 0.6 is 0 Å². The van der Waals surface area contributed by atoms with Crippen molar-refractivity contribution in [2.45, 2.75) is 76.9 Å². The molecule has 0 fully saturated rings. The van der Waals surface area contributed by atoms with E-state index in [1.807, 2.05) is 6.92 Å². The van der Waals surface area contributed by atoms with Crippen LogP contribution in [-0.4, -0.2) is 30.9 Å². The molecule has 4 heteroatoms. The van der Waals surface area contributed by atoms with E-state index in [1.54, 1.807) is 7.11 Å². The van der Waals surface area contributed by atoms with Gasteiger partial charge >= 0.3 is 0 Å². The Morgan fingerprint density at radius 1 is 0.952 bits per heavy atom. The fourth-order valence-electron chi connectivity index (χ4n) is 2.67. The van der Waals surface area contributed by atoms with Gasteiger partial charge in [0.05, 0.1) is 0 Å². The first-order valence-electron chi connectivity index (χ1n) is 8.18. The number of hydrogen-bond acceptors (Lipinski definition) is 3. The lowest BCUT2D eigenvalue weighted by Gasteiger charge is -2.14. The summed E-state index contributed by atoms with van der Waals surface area (Å²) in [5.74, 6) is -0.315. The molecule has 1 aliphatic rings. The second kappa shape index (κ2) is 10.6. The Morgan fingerprint density at radius 3 is 2.14 bits per heavy atom. The average Bonchev–Trinajstić information content (AvgIpc) is 2.46. The summed E-state index contributed by atoms with van der Waals surface area (Å²) in [5.41, 5.74) is 0. The summed E-state index contributed by atoms with van der Waals surface area (Å²) in [6.45, 7) is 2.01. The molecule has 0 radical (unpaired) electrons. The topological polar surface area (TPSA) is 55.4 Å². The third-order valence-electron chi connectivity index (χ3n) is 3.99. The van der Waals surface area contributed by atoms with Crippen molar-refractivity contribution in [3.8, 4) is 0 Å². The molecule has 0 aromatic heterocycles. The van der Waals surface area contributed by atoms with Gasteiger partial charge in [0, 0.05) is 19.2 Å². The highest BCUT2D eigenvalue weighted by molar-refractivity contribution is 5.99. The molecule has 120 valence electrons. The molecule has 2 atom stereocenters. The third-order valence-corrected chi connectivity index (χ3v) is 3.99. The van der Waals surface area contributed by atoms with Crippen LogP contribution in [0.15, 0.2) is 12.2 Å². The maximum Gasteiger partial charge on any atom is 0.244 e. The zero-order chi connectivity index (χ0) is 15.5. The number of carbonyl (C=O) groups excluding carboxylic acids is 2. The molecule has 1 heterocycles. The molecule has 0 saturated carbocycles. The summed E-state index contributed by atoms with van der Waals surface area (Å²) in [5, 5.41) is 2.90. The molecular formula is C17H29NO3. The van der Waals surface area contributed by atoms with E-state index in [9.17, 15) is 9.59 Å². The van der Waals surface area contributed by atoms with E-state index in [0.717, 1.165) is 32.1 Å². The highest BCUT2D eigenvalue weighted by atomic mass is 16.5. The van der Waals surface area contributed by atoms with Crippen molar-refractivity contribution in [2.75, 3.05) is 7.11 Å². The van der Waals surface area contributed by atoms with Crippen molar-refractivity contribution < 1.29 is 14.3 Å². The zero-order valence-electron chi connectivity index (χ0n) is 13.4. The molecule has 1 aliphatic heterocycles. The second-order valence-electron chi connectivity index (χ2n) is 5.92. The predicted octanol–water partition coefficient (Wildman–Crippen LogP) is 3.16. The minimum absolute atomic E-state index is 0.118. The maximum atomic E-state index is 12.0. The lowest BCUT2D eigenvalue weighted by Crippen LogP contribution is -2.31. The summed E-state index contributed by atoms with van der Waals surface area (Å²) >= 11 is 0. The van der Waals surface area contributed by atoms with Gasteiger partial charge in [-0.1, -0.05) is 44.9 Å². The van der Waals surface area contributed by atoms with Crippen LogP contribution in [0, 0.1) is 0 Å². The van der Waals surface area contributed by atoms with E-state index >= 15 is 0 Å². The van der Waals surface area contributed by atoms with E-state index in [4.69, 9.17) is 4.74 Å². The molecule has 0 spiro atoms. The van der Waals surface area contributed by atoms with Gasteiger partial charge in [-0.3, -0.25) is 9.59 Å². The maximum absolute atomic E-state index is 12.0. The first kappa shape index (κ1) is 17.9. The lowest BCUT2D eigenvalue weighted by molar-refractivity contribution is -0.124. The van der Waals surface area contributed by atoms with Gasteiger partial charge in [0.2, 0.25) is 5.91 Å². The molecule has 1 amide bonds. The van der Waals surface area contributed by atoms with Crippen molar-refractivity contribution in [3.05, 3.63) is 12.2 Å². The van der Waals surface area contributed by atoms with Crippen LogP contribution in [0.4, 0.5) is 0 Å². The van der Waals surface area contributed by atoms with E-state index in [2.05, 4.69) is 5.32 Å².